The van der Waals surface area contributed by atoms with E-state index in [4.69, 9.17) is 32.3 Å². The van der Waals surface area contributed by atoms with Crippen molar-refractivity contribution in [2.24, 2.45) is 0 Å². The van der Waals surface area contributed by atoms with Gasteiger partial charge in [0, 0.05) is 19.3 Å². The number of phosphoric acid groups is 2. The molecule has 4 N–H and O–H groups in total. The van der Waals surface area contributed by atoms with Crippen LogP contribution in [0.1, 0.15) is 303 Å². The molecule has 0 aromatic carbocycles. The second-order valence-electron chi connectivity index (χ2n) is 25.4. The van der Waals surface area contributed by atoms with Crippen LogP contribution in [0, 0.1) is 0 Å². The molecule has 0 heterocycles. The van der Waals surface area contributed by atoms with Gasteiger partial charge >= 0.3 is 33.6 Å². The summed E-state index contributed by atoms with van der Waals surface area (Å²) in [4.78, 5) is 58.5. The van der Waals surface area contributed by atoms with Gasteiger partial charge in [-0.2, -0.15) is 0 Å². The number of allylic oxidation sites excluding steroid dienone is 22. The number of hydrogen-bond donors (Lipinski definition) is 4. The zero-order valence-corrected chi connectivity index (χ0v) is 63.7. The monoisotopic (exact) mass is 1430 g/mol. The Morgan fingerprint density at radius 3 is 0.909 bits per heavy atom. The second-order valence-corrected chi connectivity index (χ2v) is 28.3. The van der Waals surface area contributed by atoms with E-state index >= 15 is 0 Å². The maximum atomic E-state index is 12.9. The molecule has 0 aliphatic carbocycles. The molecule has 0 rings (SSSR count). The molecule has 0 saturated heterocycles. The van der Waals surface area contributed by atoms with E-state index in [1.807, 2.05) is 18.2 Å². The SMILES string of the molecule is CC/C=C\C/C=C\C/C=C\C/C=C\C/C=C\C/C=C\CCC(=O)OCC(COP(=O)(O)OCC(O)COP(=O)(O)OCC(O)COC(=O)CCCCCCCCCCCCCCC/C=C\C/C=C\C/C=C\C/C=C\C/C=C\CC)OC(=O)CCCCCCCCCCCCCCCCC. The van der Waals surface area contributed by atoms with E-state index in [9.17, 15) is 43.5 Å². The van der Waals surface area contributed by atoms with Crippen molar-refractivity contribution in [2.45, 2.75) is 322 Å². The number of aliphatic hydroxyl groups excluding tert-OH is 2. The van der Waals surface area contributed by atoms with Crippen LogP contribution in [0.5, 0.6) is 0 Å². The summed E-state index contributed by atoms with van der Waals surface area (Å²) < 4.78 is 61.0. The van der Waals surface area contributed by atoms with Crippen molar-refractivity contribution >= 4 is 33.6 Å². The first-order valence-corrected chi connectivity index (χ1v) is 41.5. The fraction of sp³-hybridized carbons (Fsp3) is 0.691. The van der Waals surface area contributed by atoms with Gasteiger partial charge in [0.15, 0.2) is 6.10 Å². The standard InChI is InChI=1S/C81H138O16P2/c1-4-7-10-13-16-19-22-25-28-30-32-33-34-35-36-37-38-39-40-41-43-45-47-49-52-55-58-61-64-67-79(84)91-70-76(82)71-93-98(87,88)94-72-77(83)73-95-99(89,90)96-75-78(97-81(86)69-66-63-60-57-54-51-46-27-24-21-18-15-12-9-6-3)74-92-80(85)68-65-62-59-56-53-50-48-44-42-31-29-26-23-20-17-14-11-8-5-2/h7-8,10-11,16-17,19-20,25-26,28-29,32-33,35-36,42,44,50,53,59,62,76-78,82-83H,4-6,9,12-15,18,21-24,27,30-31,34,37-41,43,45-49,51-52,54-58,60-61,63-75H2,1-3H3,(H,87,88)(H,89,90)/b10-7-,11-8-,19-16-,20-17-,28-25-,29-26-,33-32-,36-35-,44-42-,53-50-,62-59-. The van der Waals surface area contributed by atoms with E-state index < -0.39 is 91.5 Å². The number of carbonyl (C=O) groups is 3. The molecule has 0 radical (unpaired) electrons. The lowest BCUT2D eigenvalue weighted by Crippen LogP contribution is -2.30. The number of ether oxygens (including phenoxy) is 3. The van der Waals surface area contributed by atoms with E-state index in [-0.39, 0.29) is 19.3 Å². The average molecular weight is 1430 g/mol. The van der Waals surface area contributed by atoms with Crippen LogP contribution in [-0.2, 0) is 55.8 Å². The summed E-state index contributed by atoms with van der Waals surface area (Å²) in [5.41, 5.74) is 0. The maximum absolute atomic E-state index is 12.9. The van der Waals surface area contributed by atoms with E-state index in [1.165, 1.54) is 122 Å². The molecule has 5 unspecified atom stereocenters. The Balaban J connectivity index is 4.56. The smallest absolute Gasteiger partial charge is 0.463 e. The highest BCUT2D eigenvalue weighted by molar-refractivity contribution is 7.47. The van der Waals surface area contributed by atoms with Crippen LogP contribution in [0.2, 0.25) is 0 Å². The number of rotatable bonds is 72. The van der Waals surface area contributed by atoms with Crippen molar-refractivity contribution in [3.05, 3.63) is 134 Å². The van der Waals surface area contributed by atoms with Crippen molar-refractivity contribution < 1.29 is 75.8 Å². The summed E-state index contributed by atoms with van der Waals surface area (Å²) >= 11 is 0. The highest BCUT2D eigenvalue weighted by Gasteiger charge is 2.29. The molecular weight excluding hydrogens is 1290 g/mol. The molecule has 0 spiro atoms. The van der Waals surface area contributed by atoms with Crippen molar-refractivity contribution in [3.8, 4) is 0 Å². The molecule has 0 amide bonds. The third kappa shape index (κ3) is 74.7. The van der Waals surface area contributed by atoms with Gasteiger partial charge in [0.25, 0.3) is 0 Å². The highest BCUT2D eigenvalue weighted by Crippen LogP contribution is 2.45. The zero-order valence-electron chi connectivity index (χ0n) is 61.9. The van der Waals surface area contributed by atoms with Crippen LogP contribution in [-0.4, -0.2) is 95.9 Å². The molecule has 0 aliphatic heterocycles. The van der Waals surface area contributed by atoms with Crippen LogP contribution in [0.15, 0.2) is 134 Å². The summed E-state index contributed by atoms with van der Waals surface area (Å²) in [6.45, 7) is 2.38. The fourth-order valence-electron chi connectivity index (χ4n) is 10.1. The molecular formula is C81H138O16P2. The van der Waals surface area contributed by atoms with Crippen molar-refractivity contribution in [2.75, 3.05) is 39.6 Å². The van der Waals surface area contributed by atoms with Crippen LogP contribution < -0.4 is 0 Å². The molecule has 5 atom stereocenters. The average Bonchev–Trinajstić information content (AvgIpc) is 1.92. The molecule has 0 fully saturated rings. The predicted molar refractivity (Wildman–Crippen MR) is 408 cm³/mol. The molecule has 0 bridgehead atoms. The lowest BCUT2D eigenvalue weighted by Gasteiger charge is -2.21. The Morgan fingerprint density at radius 1 is 0.293 bits per heavy atom. The van der Waals surface area contributed by atoms with Gasteiger partial charge < -0.3 is 34.2 Å². The number of hydrogen-bond acceptors (Lipinski definition) is 14. The minimum atomic E-state index is -4.94. The topological polar surface area (TPSA) is 231 Å². The molecule has 0 saturated carbocycles. The minimum absolute atomic E-state index is 0.0448. The third-order valence-electron chi connectivity index (χ3n) is 15.9. The largest absolute Gasteiger partial charge is 0.472 e. The fourth-order valence-corrected chi connectivity index (χ4v) is 11.7. The Morgan fingerprint density at radius 2 is 0.556 bits per heavy atom. The second kappa shape index (κ2) is 73.4. The number of phosphoric ester groups is 2. The Labute approximate surface area is 601 Å². The summed E-state index contributed by atoms with van der Waals surface area (Å²) in [6, 6.07) is 0. The van der Waals surface area contributed by atoms with Crippen molar-refractivity contribution in [1.29, 1.82) is 0 Å². The predicted octanol–water partition coefficient (Wildman–Crippen LogP) is 22.3. The number of esters is 3. The van der Waals surface area contributed by atoms with E-state index in [2.05, 4.69) is 136 Å². The normalized spacial score (nSPS) is 14.8. The Kier molecular flexibility index (Phi) is 70.2. The van der Waals surface area contributed by atoms with E-state index in [0.29, 0.717) is 25.7 Å². The molecule has 568 valence electrons. The lowest BCUT2D eigenvalue weighted by molar-refractivity contribution is -0.161. The lowest BCUT2D eigenvalue weighted by atomic mass is 10.0. The third-order valence-corrected chi connectivity index (χ3v) is 17.8. The Hall–Kier alpha value is -4.31. The van der Waals surface area contributed by atoms with Crippen LogP contribution >= 0.6 is 15.6 Å². The number of aliphatic hydroxyl groups is 2. The molecule has 18 heteroatoms. The first-order chi connectivity index (χ1) is 48.2. The van der Waals surface area contributed by atoms with E-state index in [1.54, 1.807) is 0 Å². The van der Waals surface area contributed by atoms with Crippen molar-refractivity contribution in [1.82, 2.24) is 0 Å². The molecule has 0 aliphatic rings. The summed E-state index contributed by atoms with van der Waals surface area (Å²) in [5.74, 6) is -1.67. The summed E-state index contributed by atoms with van der Waals surface area (Å²) in [5, 5.41) is 20.6. The number of carbonyl (C=O) groups excluding carboxylic acids is 3. The summed E-state index contributed by atoms with van der Waals surface area (Å²) in [6.07, 6.45) is 88.1. The molecule has 0 aromatic heterocycles. The first-order valence-electron chi connectivity index (χ1n) is 38.5. The maximum Gasteiger partial charge on any atom is 0.472 e. The van der Waals surface area contributed by atoms with Gasteiger partial charge in [0.2, 0.25) is 0 Å². The highest BCUT2D eigenvalue weighted by atomic mass is 31.2. The van der Waals surface area contributed by atoms with Crippen LogP contribution in [0.25, 0.3) is 0 Å². The van der Waals surface area contributed by atoms with Gasteiger partial charge in [0.05, 0.1) is 26.4 Å². The van der Waals surface area contributed by atoms with Crippen LogP contribution in [0.3, 0.4) is 0 Å². The van der Waals surface area contributed by atoms with Gasteiger partial charge in [-0.05, 0) is 103 Å². The van der Waals surface area contributed by atoms with Gasteiger partial charge in [-0.25, -0.2) is 9.13 Å². The van der Waals surface area contributed by atoms with Gasteiger partial charge in [0.1, 0.15) is 25.4 Å². The van der Waals surface area contributed by atoms with Crippen LogP contribution in [0.4, 0.5) is 0 Å². The quantitative estimate of drug-likeness (QED) is 0.0146. The molecule has 99 heavy (non-hydrogen) atoms. The van der Waals surface area contributed by atoms with Gasteiger partial charge in [-0.3, -0.25) is 32.5 Å². The van der Waals surface area contributed by atoms with Gasteiger partial charge in [-0.1, -0.05) is 315 Å². The Bertz CT molecular complexity index is 2330. The number of unbranched alkanes of at least 4 members (excludes halogenated alkanes) is 27. The molecule has 0 aromatic rings. The van der Waals surface area contributed by atoms with Gasteiger partial charge in [-0.15, -0.1) is 0 Å². The van der Waals surface area contributed by atoms with Crippen molar-refractivity contribution in [3.63, 3.8) is 0 Å². The summed E-state index contributed by atoms with van der Waals surface area (Å²) in [7, 11) is -9.81. The first kappa shape index (κ1) is 94.7. The zero-order chi connectivity index (χ0) is 72.3. The van der Waals surface area contributed by atoms with E-state index in [0.717, 1.165) is 116 Å². The minimum Gasteiger partial charge on any atom is -0.463 e. The molecule has 16 nitrogen and oxygen atoms in total.